The number of carbonyl (C=O) groups is 1. The van der Waals surface area contributed by atoms with Crippen LogP contribution in [0.2, 0.25) is 0 Å². The van der Waals surface area contributed by atoms with Gasteiger partial charge in [-0.2, -0.15) is 4.98 Å². The molecule has 0 saturated carbocycles. The molecule has 0 bridgehead atoms. The molecule has 0 saturated heterocycles. The number of benzene rings is 2. The van der Waals surface area contributed by atoms with Crippen molar-refractivity contribution in [2.24, 2.45) is 0 Å². The van der Waals surface area contributed by atoms with Crippen molar-refractivity contribution in [3.8, 4) is 11.5 Å². The van der Waals surface area contributed by atoms with E-state index in [0.717, 1.165) is 21.8 Å². The van der Waals surface area contributed by atoms with Crippen LogP contribution in [0.4, 0.5) is 5.69 Å². The van der Waals surface area contributed by atoms with Gasteiger partial charge in [0.2, 0.25) is 0 Å². The number of aryl methyl sites for hydroxylation is 3. The fraction of sp³-hybridized carbons (Fsp3) is 0.136. The third-order valence-corrected chi connectivity index (χ3v) is 5.08. The van der Waals surface area contributed by atoms with Gasteiger partial charge in [0, 0.05) is 33.1 Å². The third-order valence-electron chi connectivity index (χ3n) is 4.20. The average Bonchev–Trinajstić information content (AvgIpc) is 3.15. The number of anilines is 1. The number of amides is 1. The van der Waals surface area contributed by atoms with E-state index in [-0.39, 0.29) is 5.91 Å². The van der Waals surface area contributed by atoms with Gasteiger partial charge >= 0.3 is 0 Å². The van der Waals surface area contributed by atoms with Crippen molar-refractivity contribution in [2.45, 2.75) is 30.8 Å². The molecule has 1 amide bonds. The minimum Gasteiger partial charge on any atom is -0.334 e. The van der Waals surface area contributed by atoms with Gasteiger partial charge in [-0.05, 0) is 87.1 Å². The molecule has 30 heavy (non-hydrogen) atoms. The normalized spacial score (nSPS) is 10.8. The van der Waals surface area contributed by atoms with Gasteiger partial charge in [0.15, 0.2) is 11.0 Å². The third kappa shape index (κ3) is 4.72. The number of hydrogen-bond donors (Lipinski definition) is 1. The Balaban J connectivity index is 1.41. The molecule has 0 fully saturated rings. The fourth-order valence-corrected chi connectivity index (χ4v) is 3.69. The Morgan fingerprint density at radius 1 is 0.900 bits per heavy atom. The topological polar surface area (TPSA) is 93.8 Å². The van der Waals surface area contributed by atoms with Gasteiger partial charge < -0.3 is 9.84 Å². The SMILES string of the molecule is Cc1cc(C)nc(Sc2ccc(NC(=O)c3ccc(-c4nc(C)no4)cc3)cc2)n1. The van der Waals surface area contributed by atoms with Crippen LogP contribution in [0.3, 0.4) is 0 Å². The van der Waals surface area contributed by atoms with Gasteiger partial charge in [-0.25, -0.2) is 9.97 Å². The second-order valence-corrected chi connectivity index (χ2v) is 7.78. The van der Waals surface area contributed by atoms with E-state index in [4.69, 9.17) is 4.52 Å². The van der Waals surface area contributed by atoms with E-state index in [1.54, 1.807) is 31.2 Å². The lowest BCUT2D eigenvalue weighted by Gasteiger charge is -2.07. The van der Waals surface area contributed by atoms with E-state index in [0.29, 0.717) is 28.1 Å². The first-order valence-corrected chi connectivity index (χ1v) is 10.1. The molecule has 8 heteroatoms. The molecule has 4 aromatic rings. The lowest BCUT2D eigenvalue weighted by Crippen LogP contribution is -2.11. The predicted molar refractivity (Wildman–Crippen MR) is 114 cm³/mol. The summed E-state index contributed by atoms with van der Waals surface area (Å²) >= 11 is 1.49. The molecule has 0 aliphatic rings. The standard InChI is InChI=1S/C22H19N5O2S/c1-13-12-14(2)24-22(23-13)30-19-10-8-18(9-11-19)26-20(28)16-4-6-17(7-5-16)21-25-15(3)27-29-21/h4-12H,1-3H3,(H,26,28). The zero-order chi connectivity index (χ0) is 21.1. The summed E-state index contributed by atoms with van der Waals surface area (Å²) in [5, 5.41) is 7.38. The van der Waals surface area contributed by atoms with Crippen molar-refractivity contribution in [1.29, 1.82) is 0 Å². The number of carbonyl (C=O) groups excluding carboxylic acids is 1. The quantitative estimate of drug-likeness (QED) is 0.464. The van der Waals surface area contributed by atoms with Crippen LogP contribution in [-0.4, -0.2) is 26.0 Å². The summed E-state index contributed by atoms with van der Waals surface area (Å²) in [6, 6.07) is 16.5. The van der Waals surface area contributed by atoms with Crippen LogP contribution in [0.5, 0.6) is 0 Å². The first-order chi connectivity index (χ1) is 14.5. The molecule has 0 aliphatic carbocycles. The Hall–Kier alpha value is -3.52. The number of nitrogens with one attached hydrogen (secondary N) is 1. The molecular formula is C22H19N5O2S. The van der Waals surface area contributed by atoms with Gasteiger partial charge in [-0.3, -0.25) is 4.79 Å². The molecule has 0 atom stereocenters. The molecule has 0 radical (unpaired) electrons. The van der Waals surface area contributed by atoms with Crippen LogP contribution in [-0.2, 0) is 0 Å². The number of rotatable bonds is 5. The van der Waals surface area contributed by atoms with Gasteiger partial charge in [-0.1, -0.05) is 5.16 Å². The Kier molecular flexibility index (Phi) is 5.58. The van der Waals surface area contributed by atoms with E-state index in [2.05, 4.69) is 25.4 Å². The molecule has 4 rings (SSSR count). The summed E-state index contributed by atoms with van der Waals surface area (Å²) < 4.78 is 5.14. The van der Waals surface area contributed by atoms with Gasteiger partial charge in [-0.15, -0.1) is 0 Å². The summed E-state index contributed by atoms with van der Waals surface area (Å²) in [7, 11) is 0. The Bertz CT molecular complexity index is 1170. The highest BCUT2D eigenvalue weighted by atomic mass is 32.2. The minimum absolute atomic E-state index is 0.193. The maximum absolute atomic E-state index is 12.5. The Labute approximate surface area is 178 Å². The van der Waals surface area contributed by atoms with Crippen molar-refractivity contribution in [1.82, 2.24) is 20.1 Å². The lowest BCUT2D eigenvalue weighted by molar-refractivity contribution is 0.102. The van der Waals surface area contributed by atoms with Gasteiger partial charge in [0.1, 0.15) is 0 Å². The lowest BCUT2D eigenvalue weighted by atomic mass is 10.1. The van der Waals surface area contributed by atoms with E-state index in [1.165, 1.54) is 11.8 Å². The summed E-state index contributed by atoms with van der Waals surface area (Å²) in [6.45, 7) is 5.66. The van der Waals surface area contributed by atoms with Crippen LogP contribution >= 0.6 is 11.8 Å². The van der Waals surface area contributed by atoms with Crippen LogP contribution in [0.25, 0.3) is 11.5 Å². The highest BCUT2D eigenvalue weighted by molar-refractivity contribution is 7.99. The minimum atomic E-state index is -0.193. The highest BCUT2D eigenvalue weighted by Crippen LogP contribution is 2.26. The van der Waals surface area contributed by atoms with E-state index in [1.807, 2.05) is 44.2 Å². The number of nitrogens with zero attached hydrogens (tertiary/aromatic N) is 4. The van der Waals surface area contributed by atoms with Crippen molar-refractivity contribution < 1.29 is 9.32 Å². The highest BCUT2D eigenvalue weighted by Gasteiger charge is 2.10. The summed E-state index contributed by atoms with van der Waals surface area (Å²) in [5.74, 6) is 0.805. The zero-order valence-corrected chi connectivity index (χ0v) is 17.5. The van der Waals surface area contributed by atoms with Crippen molar-refractivity contribution in [3.63, 3.8) is 0 Å². The molecule has 2 heterocycles. The smallest absolute Gasteiger partial charge is 0.257 e. The fourth-order valence-electron chi connectivity index (χ4n) is 2.83. The first-order valence-electron chi connectivity index (χ1n) is 9.28. The molecule has 1 N–H and O–H groups in total. The molecule has 0 spiro atoms. The summed E-state index contributed by atoms with van der Waals surface area (Å²) in [4.78, 5) is 26.6. The van der Waals surface area contributed by atoms with Gasteiger partial charge in [0.05, 0.1) is 0 Å². The predicted octanol–water partition coefficient (Wildman–Crippen LogP) is 4.86. The van der Waals surface area contributed by atoms with Crippen LogP contribution in [0.1, 0.15) is 27.6 Å². The first kappa shape index (κ1) is 19.8. The monoisotopic (exact) mass is 417 g/mol. The summed E-state index contributed by atoms with van der Waals surface area (Å²) in [6.07, 6.45) is 0. The van der Waals surface area contributed by atoms with Crippen molar-refractivity contribution in [3.05, 3.63) is 77.4 Å². The van der Waals surface area contributed by atoms with Gasteiger partial charge in [0.25, 0.3) is 11.8 Å². The van der Waals surface area contributed by atoms with E-state index >= 15 is 0 Å². The molecule has 2 aromatic heterocycles. The average molecular weight is 417 g/mol. The second kappa shape index (κ2) is 8.46. The second-order valence-electron chi connectivity index (χ2n) is 6.74. The molecule has 7 nitrogen and oxygen atoms in total. The number of hydrogen-bond acceptors (Lipinski definition) is 7. The maximum atomic E-state index is 12.5. The molecule has 0 aliphatic heterocycles. The molecule has 2 aromatic carbocycles. The zero-order valence-electron chi connectivity index (χ0n) is 16.7. The number of aromatic nitrogens is 4. The van der Waals surface area contributed by atoms with Crippen molar-refractivity contribution >= 4 is 23.4 Å². The van der Waals surface area contributed by atoms with E-state index < -0.39 is 0 Å². The Morgan fingerprint density at radius 2 is 1.57 bits per heavy atom. The van der Waals surface area contributed by atoms with Crippen LogP contribution in [0.15, 0.2) is 69.2 Å². The Morgan fingerprint density at radius 3 is 2.17 bits per heavy atom. The maximum Gasteiger partial charge on any atom is 0.257 e. The largest absolute Gasteiger partial charge is 0.334 e. The molecule has 0 unspecified atom stereocenters. The van der Waals surface area contributed by atoms with Crippen molar-refractivity contribution in [2.75, 3.05) is 5.32 Å². The molecular weight excluding hydrogens is 398 g/mol. The molecule has 150 valence electrons. The van der Waals surface area contributed by atoms with E-state index in [9.17, 15) is 4.79 Å². The summed E-state index contributed by atoms with van der Waals surface area (Å²) in [5.41, 5.74) is 3.89. The van der Waals surface area contributed by atoms with Crippen LogP contribution in [0, 0.1) is 20.8 Å². The van der Waals surface area contributed by atoms with Crippen LogP contribution < -0.4 is 5.32 Å².